The van der Waals surface area contributed by atoms with Crippen LogP contribution in [0.25, 0.3) is 16.6 Å². The maximum Gasteiger partial charge on any atom is 0.238 e. The van der Waals surface area contributed by atoms with Crippen LogP contribution >= 0.6 is 0 Å². The number of fused-ring (bicyclic) bond motifs is 1. The van der Waals surface area contributed by atoms with Gasteiger partial charge in [-0.3, -0.25) is 4.99 Å². The number of aromatic nitrogens is 3. The van der Waals surface area contributed by atoms with Crippen LogP contribution in [0, 0.1) is 6.92 Å². The van der Waals surface area contributed by atoms with Crippen molar-refractivity contribution in [2.24, 2.45) is 4.99 Å². The van der Waals surface area contributed by atoms with Gasteiger partial charge in [-0.1, -0.05) is 24.8 Å². The molecule has 2 aromatic heterocycles. The number of rotatable bonds is 3. The molecule has 2 heterocycles. The summed E-state index contributed by atoms with van der Waals surface area (Å²) in [6, 6.07) is 8.15. The summed E-state index contributed by atoms with van der Waals surface area (Å²) in [4.78, 5) is 8.45. The molecular weight excluding hydrogens is 262 g/mol. The van der Waals surface area contributed by atoms with E-state index >= 15 is 0 Å². The Balaban J connectivity index is 2.14. The van der Waals surface area contributed by atoms with Crippen LogP contribution in [0.4, 0.5) is 11.6 Å². The van der Waals surface area contributed by atoms with E-state index in [1.54, 1.807) is 23.0 Å². The first-order chi connectivity index (χ1) is 10.2. The molecule has 0 aliphatic carbocycles. The van der Waals surface area contributed by atoms with E-state index < -0.39 is 0 Å². The summed E-state index contributed by atoms with van der Waals surface area (Å²) in [5, 5.41) is 4.15. The quantitative estimate of drug-likeness (QED) is 0.747. The van der Waals surface area contributed by atoms with Crippen LogP contribution in [0.3, 0.4) is 0 Å². The number of allylic oxidation sites excluding steroid dienone is 1. The molecule has 0 aliphatic heterocycles. The van der Waals surface area contributed by atoms with Gasteiger partial charge in [0, 0.05) is 18.0 Å². The second kappa shape index (κ2) is 5.20. The topological polar surface area (TPSA) is 68.6 Å². The number of aliphatic imine (C=N–C) groups is 1. The predicted molar refractivity (Wildman–Crippen MR) is 85.9 cm³/mol. The standard InChI is InChI=1S/C16H15N5/c1-3-7-18-14-9-12(5-4-11(14)2)13-6-8-21-15(13)10-19-16(17)20-21/h3-10H,1H2,2H3,(H2,17,20). The Kier molecular flexibility index (Phi) is 3.23. The van der Waals surface area contributed by atoms with Crippen molar-refractivity contribution < 1.29 is 0 Å². The fourth-order valence-electron chi connectivity index (χ4n) is 2.21. The number of aryl methyl sites for hydroxylation is 1. The normalized spacial score (nSPS) is 11.3. The zero-order valence-corrected chi connectivity index (χ0v) is 11.7. The lowest BCUT2D eigenvalue weighted by Gasteiger charge is -2.05. The van der Waals surface area contributed by atoms with Gasteiger partial charge in [-0.2, -0.15) is 0 Å². The maximum atomic E-state index is 5.60. The molecule has 0 bridgehead atoms. The van der Waals surface area contributed by atoms with Gasteiger partial charge in [0.05, 0.1) is 17.4 Å². The highest BCUT2D eigenvalue weighted by atomic mass is 15.3. The van der Waals surface area contributed by atoms with Crippen LogP contribution in [0.15, 0.2) is 54.3 Å². The van der Waals surface area contributed by atoms with Gasteiger partial charge in [0.1, 0.15) is 0 Å². The van der Waals surface area contributed by atoms with E-state index in [9.17, 15) is 0 Å². The van der Waals surface area contributed by atoms with Gasteiger partial charge in [-0.25, -0.2) is 9.50 Å². The summed E-state index contributed by atoms with van der Waals surface area (Å²) in [6.07, 6.45) is 6.95. The maximum absolute atomic E-state index is 5.60. The van der Waals surface area contributed by atoms with E-state index in [2.05, 4.69) is 27.7 Å². The Hall–Kier alpha value is -2.95. The molecule has 3 aromatic rings. The molecule has 3 rings (SSSR count). The third-order valence-corrected chi connectivity index (χ3v) is 3.27. The second-order valence-electron chi connectivity index (χ2n) is 4.69. The number of hydrogen-bond donors (Lipinski definition) is 1. The summed E-state index contributed by atoms with van der Waals surface area (Å²) in [5.74, 6) is 0.254. The van der Waals surface area contributed by atoms with Crippen molar-refractivity contribution in [3.63, 3.8) is 0 Å². The minimum Gasteiger partial charge on any atom is -0.367 e. The Labute approximate surface area is 122 Å². The number of benzene rings is 1. The second-order valence-corrected chi connectivity index (χ2v) is 4.69. The van der Waals surface area contributed by atoms with Crippen molar-refractivity contribution in [2.75, 3.05) is 5.73 Å². The number of anilines is 1. The number of nitrogens with zero attached hydrogens (tertiary/aromatic N) is 4. The van der Waals surface area contributed by atoms with Gasteiger partial charge >= 0.3 is 0 Å². The first kappa shape index (κ1) is 13.1. The monoisotopic (exact) mass is 277 g/mol. The van der Waals surface area contributed by atoms with E-state index in [0.717, 1.165) is 27.9 Å². The van der Waals surface area contributed by atoms with Crippen molar-refractivity contribution in [1.29, 1.82) is 0 Å². The fourth-order valence-corrected chi connectivity index (χ4v) is 2.21. The van der Waals surface area contributed by atoms with Crippen LogP contribution in [0.2, 0.25) is 0 Å². The van der Waals surface area contributed by atoms with Crippen molar-refractivity contribution in [3.05, 3.63) is 54.9 Å². The molecule has 5 nitrogen and oxygen atoms in total. The Bertz CT molecular complexity index is 845. The lowest BCUT2D eigenvalue weighted by molar-refractivity contribution is 0.918. The Morgan fingerprint density at radius 3 is 3.00 bits per heavy atom. The van der Waals surface area contributed by atoms with E-state index in [4.69, 9.17) is 5.73 Å². The molecule has 0 aliphatic rings. The van der Waals surface area contributed by atoms with Gasteiger partial charge < -0.3 is 5.73 Å². The van der Waals surface area contributed by atoms with E-state index in [1.807, 2.05) is 31.3 Å². The molecule has 21 heavy (non-hydrogen) atoms. The van der Waals surface area contributed by atoms with Crippen LogP contribution in [-0.4, -0.2) is 20.8 Å². The van der Waals surface area contributed by atoms with E-state index in [0.29, 0.717) is 0 Å². The predicted octanol–water partition coefficient (Wildman–Crippen LogP) is 3.18. The van der Waals surface area contributed by atoms with Crippen molar-refractivity contribution in [1.82, 2.24) is 14.6 Å². The molecule has 0 unspecified atom stereocenters. The van der Waals surface area contributed by atoms with E-state index in [1.165, 1.54) is 0 Å². The molecule has 0 fully saturated rings. The average molecular weight is 277 g/mol. The van der Waals surface area contributed by atoms with Crippen molar-refractivity contribution in [2.45, 2.75) is 6.92 Å². The molecule has 1 aromatic carbocycles. The van der Waals surface area contributed by atoms with Crippen molar-refractivity contribution in [3.8, 4) is 11.1 Å². The summed E-state index contributed by atoms with van der Waals surface area (Å²) in [7, 11) is 0. The van der Waals surface area contributed by atoms with E-state index in [-0.39, 0.29) is 5.95 Å². The van der Waals surface area contributed by atoms with Gasteiger partial charge in [0.15, 0.2) is 0 Å². The van der Waals surface area contributed by atoms with Gasteiger partial charge in [0.2, 0.25) is 5.95 Å². The molecule has 0 radical (unpaired) electrons. The van der Waals surface area contributed by atoms with Crippen LogP contribution in [-0.2, 0) is 0 Å². The summed E-state index contributed by atoms with van der Waals surface area (Å²) < 4.78 is 1.73. The summed E-state index contributed by atoms with van der Waals surface area (Å²) in [6.45, 7) is 5.67. The first-order valence-electron chi connectivity index (χ1n) is 6.55. The summed E-state index contributed by atoms with van der Waals surface area (Å²) in [5.41, 5.74) is 10.6. The molecule has 0 amide bonds. The Morgan fingerprint density at radius 1 is 1.33 bits per heavy atom. The molecule has 0 spiro atoms. The van der Waals surface area contributed by atoms with Crippen molar-refractivity contribution >= 4 is 23.4 Å². The minimum atomic E-state index is 0.254. The minimum absolute atomic E-state index is 0.254. The smallest absolute Gasteiger partial charge is 0.238 e. The van der Waals surface area contributed by atoms with Crippen LogP contribution in [0.5, 0.6) is 0 Å². The molecule has 0 atom stereocenters. The number of nitrogen functional groups attached to an aromatic ring is 1. The highest BCUT2D eigenvalue weighted by molar-refractivity contribution is 5.83. The molecule has 2 N–H and O–H groups in total. The zero-order valence-electron chi connectivity index (χ0n) is 11.7. The lowest BCUT2D eigenvalue weighted by Crippen LogP contribution is -1.99. The molecule has 5 heteroatoms. The van der Waals surface area contributed by atoms with Gasteiger partial charge in [0.25, 0.3) is 0 Å². The van der Waals surface area contributed by atoms with Gasteiger partial charge in [-0.05, 0) is 30.2 Å². The Morgan fingerprint density at radius 2 is 2.19 bits per heavy atom. The molecule has 0 saturated carbocycles. The number of hydrogen-bond acceptors (Lipinski definition) is 4. The first-order valence-corrected chi connectivity index (χ1v) is 6.55. The highest BCUT2D eigenvalue weighted by Crippen LogP contribution is 2.30. The molecular formula is C16H15N5. The SMILES string of the molecule is C=CC=Nc1cc(-c2ccn3nc(N)ncc23)ccc1C. The fraction of sp³-hybridized carbons (Fsp3) is 0.0625. The number of nitrogens with two attached hydrogens (primary N) is 1. The largest absolute Gasteiger partial charge is 0.367 e. The summed E-state index contributed by atoms with van der Waals surface area (Å²) >= 11 is 0. The zero-order chi connectivity index (χ0) is 14.8. The lowest BCUT2D eigenvalue weighted by atomic mass is 10.0. The van der Waals surface area contributed by atoms with Crippen LogP contribution in [0.1, 0.15) is 5.56 Å². The van der Waals surface area contributed by atoms with Gasteiger partial charge in [-0.15, -0.1) is 5.10 Å². The third-order valence-electron chi connectivity index (χ3n) is 3.27. The third kappa shape index (κ3) is 2.41. The molecule has 0 saturated heterocycles. The highest BCUT2D eigenvalue weighted by Gasteiger charge is 2.08. The average Bonchev–Trinajstić information content (AvgIpc) is 2.89. The van der Waals surface area contributed by atoms with Crippen LogP contribution < -0.4 is 5.73 Å². The molecule has 104 valence electrons.